The van der Waals surface area contributed by atoms with Crippen molar-refractivity contribution in [1.29, 1.82) is 0 Å². The monoisotopic (exact) mass is 472 g/mol. The van der Waals surface area contributed by atoms with Crippen molar-refractivity contribution in [2.24, 2.45) is 0 Å². The van der Waals surface area contributed by atoms with Crippen LogP contribution in [-0.2, 0) is 10.0 Å². The molecule has 1 aliphatic heterocycles. The molecule has 168 valence electrons. The summed E-state index contributed by atoms with van der Waals surface area (Å²) in [7, 11) is -3.56. The van der Waals surface area contributed by atoms with Gasteiger partial charge in [0.15, 0.2) is 0 Å². The summed E-state index contributed by atoms with van der Waals surface area (Å²) < 4.78 is 32.8. The first-order valence-electron chi connectivity index (χ1n) is 10.4. The number of nitrogens with one attached hydrogen (secondary N) is 1. The van der Waals surface area contributed by atoms with Crippen LogP contribution in [0.25, 0.3) is 0 Å². The van der Waals surface area contributed by atoms with Crippen molar-refractivity contribution in [3.05, 3.63) is 64.6 Å². The van der Waals surface area contributed by atoms with Crippen molar-refractivity contribution >= 4 is 33.0 Å². The van der Waals surface area contributed by atoms with Crippen LogP contribution in [0.1, 0.15) is 40.5 Å². The SMILES string of the molecule is CCOc1ccc(S(=O)(=O)N2CCC(c3nnc(C(=O)Nc4ccccc4)s3)CC2)cc1. The molecule has 4 rings (SSSR count). The molecule has 2 heterocycles. The molecule has 0 saturated carbocycles. The minimum absolute atomic E-state index is 0.0811. The predicted octanol–water partition coefficient (Wildman–Crippen LogP) is 3.76. The van der Waals surface area contributed by atoms with Gasteiger partial charge in [-0.1, -0.05) is 29.5 Å². The molecule has 8 nitrogen and oxygen atoms in total. The second-order valence-electron chi connectivity index (χ2n) is 7.35. The lowest BCUT2D eigenvalue weighted by atomic mass is 9.99. The fourth-order valence-electron chi connectivity index (χ4n) is 3.56. The number of aromatic nitrogens is 2. The van der Waals surface area contributed by atoms with Crippen LogP contribution < -0.4 is 10.1 Å². The van der Waals surface area contributed by atoms with Crippen molar-refractivity contribution in [3.8, 4) is 5.75 Å². The maximum atomic E-state index is 13.0. The summed E-state index contributed by atoms with van der Waals surface area (Å²) in [5.74, 6) is 0.432. The van der Waals surface area contributed by atoms with E-state index in [-0.39, 0.29) is 16.7 Å². The van der Waals surface area contributed by atoms with E-state index in [4.69, 9.17) is 4.74 Å². The van der Waals surface area contributed by atoms with Crippen molar-refractivity contribution in [1.82, 2.24) is 14.5 Å². The lowest BCUT2D eigenvalue weighted by molar-refractivity contribution is 0.102. The van der Waals surface area contributed by atoms with Gasteiger partial charge in [0.1, 0.15) is 10.8 Å². The number of carbonyl (C=O) groups is 1. The lowest BCUT2D eigenvalue weighted by Gasteiger charge is -2.30. The molecule has 1 amide bonds. The average Bonchev–Trinajstić information content (AvgIpc) is 3.31. The molecule has 1 saturated heterocycles. The first kappa shape index (κ1) is 22.4. The number of piperidine rings is 1. The number of amides is 1. The number of sulfonamides is 1. The molecule has 10 heteroatoms. The van der Waals surface area contributed by atoms with Crippen LogP contribution in [0.2, 0.25) is 0 Å². The van der Waals surface area contributed by atoms with E-state index < -0.39 is 10.0 Å². The minimum Gasteiger partial charge on any atom is -0.494 e. The number of para-hydroxylation sites is 1. The second kappa shape index (κ2) is 9.76. The number of nitrogens with zero attached hydrogens (tertiary/aromatic N) is 3. The highest BCUT2D eigenvalue weighted by Crippen LogP contribution is 2.32. The number of ether oxygens (including phenoxy) is 1. The normalized spacial score (nSPS) is 15.4. The van der Waals surface area contributed by atoms with E-state index in [2.05, 4.69) is 15.5 Å². The minimum atomic E-state index is -3.56. The number of carbonyl (C=O) groups excluding carboxylic acids is 1. The summed E-state index contributed by atoms with van der Waals surface area (Å²) in [6.07, 6.45) is 1.26. The molecule has 0 unspecified atom stereocenters. The third-order valence-electron chi connectivity index (χ3n) is 5.24. The molecular formula is C22H24N4O4S2. The van der Waals surface area contributed by atoms with E-state index in [1.165, 1.54) is 15.6 Å². The van der Waals surface area contributed by atoms with Crippen molar-refractivity contribution in [2.75, 3.05) is 25.0 Å². The van der Waals surface area contributed by atoms with Crippen molar-refractivity contribution in [2.45, 2.75) is 30.6 Å². The number of hydrogen-bond donors (Lipinski definition) is 1. The van der Waals surface area contributed by atoms with Gasteiger partial charge < -0.3 is 10.1 Å². The molecular weight excluding hydrogens is 448 g/mol. The van der Waals surface area contributed by atoms with Gasteiger partial charge >= 0.3 is 0 Å². The summed E-state index contributed by atoms with van der Waals surface area (Å²) in [4.78, 5) is 12.7. The van der Waals surface area contributed by atoms with Crippen LogP contribution in [0, 0.1) is 0 Å². The average molecular weight is 473 g/mol. The van der Waals surface area contributed by atoms with Gasteiger partial charge in [0, 0.05) is 24.7 Å². The van der Waals surface area contributed by atoms with E-state index in [9.17, 15) is 13.2 Å². The van der Waals surface area contributed by atoms with Gasteiger partial charge in [-0.2, -0.15) is 4.31 Å². The van der Waals surface area contributed by atoms with Gasteiger partial charge in [0.25, 0.3) is 5.91 Å². The van der Waals surface area contributed by atoms with Crippen molar-refractivity contribution < 1.29 is 17.9 Å². The Balaban J connectivity index is 1.37. The van der Waals surface area contributed by atoms with Crippen LogP contribution in [0.15, 0.2) is 59.5 Å². The topological polar surface area (TPSA) is 101 Å². The summed E-state index contributed by atoms with van der Waals surface area (Å²) in [6.45, 7) is 3.20. The Labute approximate surface area is 191 Å². The predicted molar refractivity (Wildman–Crippen MR) is 123 cm³/mol. The highest BCUT2D eigenvalue weighted by atomic mass is 32.2. The number of hydrogen-bond acceptors (Lipinski definition) is 7. The molecule has 0 radical (unpaired) electrons. The number of rotatable bonds is 7. The molecule has 1 fully saturated rings. The Morgan fingerprint density at radius 1 is 1.09 bits per heavy atom. The highest BCUT2D eigenvalue weighted by molar-refractivity contribution is 7.89. The van der Waals surface area contributed by atoms with Crippen LogP contribution in [-0.4, -0.2) is 48.5 Å². The summed E-state index contributed by atoms with van der Waals surface area (Å²) in [5, 5.41) is 12.1. The Morgan fingerprint density at radius 3 is 2.44 bits per heavy atom. The van der Waals surface area contributed by atoms with Crippen LogP contribution >= 0.6 is 11.3 Å². The van der Waals surface area contributed by atoms with Gasteiger partial charge in [-0.05, 0) is 56.2 Å². The maximum Gasteiger partial charge on any atom is 0.286 e. The van der Waals surface area contributed by atoms with Crippen LogP contribution in [0.4, 0.5) is 5.69 Å². The molecule has 32 heavy (non-hydrogen) atoms. The summed E-state index contributed by atoms with van der Waals surface area (Å²) in [5.41, 5.74) is 0.696. The zero-order chi connectivity index (χ0) is 22.6. The number of benzene rings is 2. The molecule has 1 aromatic heterocycles. The zero-order valence-electron chi connectivity index (χ0n) is 17.6. The van der Waals surface area contributed by atoms with E-state index in [1.54, 1.807) is 36.4 Å². The standard InChI is InChI=1S/C22H24N4O4S2/c1-2-30-18-8-10-19(11-9-18)32(28,29)26-14-12-16(13-15-26)21-24-25-22(31-21)20(27)23-17-6-4-3-5-7-17/h3-11,16H,2,12-15H2,1H3,(H,23,27). The van der Waals surface area contributed by atoms with Gasteiger partial charge in [0.05, 0.1) is 11.5 Å². The molecule has 3 aromatic rings. The van der Waals surface area contributed by atoms with Crippen LogP contribution in [0.3, 0.4) is 0 Å². The largest absolute Gasteiger partial charge is 0.494 e. The molecule has 0 aliphatic carbocycles. The van der Waals surface area contributed by atoms with E-state index in [0.717, 1.165) is 5.01 Å². The van der Waals surface area contributed by atoms with E-state index in [0.29, 0.717) is 49.0 Å². The Bertz CT molecular complexity index is 1160. The molecule has 0 bridgehead atoms. The first-order valence-corrected chi connectivity index (χ1v) is 12.7. The fraction of sp³-hybridized carbons (Fsp3) is 0.318. The zero-order valence-corrected chi connectivity index (χ0v) is 19.2. The summed E-state index contributed by atoms with van der Waals surface area (Å²) >= 11 is 1.26. The van der Waals surface area contributed by atoms with Gasteiger partial charge in [-0.15, -0.1) is 10.2 Å². The summed E-state index contributed by atoms with van der Waals surface area (Å²) in [6, 6.07) is 15.7. The Morgan fingerprint density at radius 2 is 1.78 bits per heavy atom. The fourth-order valence-corrected chi connectivity index (χ4v) is 5.94. The lowest BCUT2D eigenvalue weighted by Crippen LogP contribution is -2.37. The third kappa shape index (κ3) is 4.98. The molecule has 1 N–H and O–H groups in total. The third-order valence-corrected chi connectivity index (χ3v) is 8.24. The highest BCUT2D eigenvalue weighted by Gasteiger charge is 2.31. The quantitative estimate of drug-likeness (QED) is 0.562. The van der Waals surface area contributed by atoms with Crippen molar-refractivity contribution in [3.63, 3.8) is 0 Å². The molecule has 0 spiro atoms. The second-order valence-corrected chi connectivity index (χ2v) is 10.3. The number of anilines is 1. The molecule has 0 atom stereocenters. The van der Waals surface area contributed by atoms with Gasteiger partial charge in [-0.3, -0.25) is 4.79 Å². The van der Waals surface area contributed by atoms with Gasteiger partial charge in [-0.25, -0.2) is 8.42 Å². The van der Waals surface area contributed by atoms with E-state index >= 15 is 0 Å². The molecule has 2 aromatic carbocycles. The van der Waals surface area contributed by atoms with Crippen LogP contribution in [0.5, 0.6) is 5.75 Å². The van der Waals surface area contributed by atoms with E-state index in [1.807, 2.05) is 25.1 Å². The molecule has 1 aliphatic rings. The Hall–Kier alpha value is -2.82. The smallest absolute Gasteiger partial charge is 0.286 e. The maximum absolute atomic E-state index is 13.0. The Kier molecular flexibility index (Phi) is 6.83. The van der Waals surface area contributed by atoms with Gasteiger partial charge in [0.2, 0.25) is 15.0 Å². The first-order chi connectivity index (χ1) is 15.5.